The average Bonchev–Trinajstić information content (AvgIpc) is 2.95. The SMILES string of the molecule is CC(C)CN(C)C(=O)c1sc(N2CCCC2)nc1N. The summed E-state index contributed by atoms with van der Waals surface area (Å²) in [4.78, 5) is 21.2. The standard InChI is InChI=1S/C13H22N4OS/c1-9(2)8-16(3)12(18)10-11(14)15-13(19-10)17-6-4-5-7-17/h9H,4-8,14H2,1-3H3. The van der Waals surface area contributed by atoms with Crippen molar-refractivity contribution < 1.29 is 4.79 Å². The molecule has 0 unspecified atom stereocenters. The van der Waals surface area contributed by atoms with Crippen molar-refractivity contribution in [1.82, 2.24) is 9.88 Å². The molecule has 0 spiro atoms. The van der Waals surface area contributed by atoms with E-state index in [0.717, 1.165) is 24.8 Å². The second-order valence-corrected chi connectivity index (χ2v) is 6.46. The molecule has 1 aromatic rings. The van der Waals surface area contributed by atoms with Crippen LogP contribution in [0.1, 0.15) is 36.4 Å². The number of carbonyl (C=O) groups is 1. The molecule has 1 aromatic heterocycles. The van der Waals surface area contributed by atoms with Gasteiger partial charge in [0.1, 0.15) is 10.7 Å². The lowest BCUT2D eigenvalue weighted by molar-refractivity contribution is 0.0784. The van der Waals surface area contributed by atoms with Crippen LogP contribution in [-0.2, 0) is 0 Å². The van der Waals surface area contributed by atoms with Crippen LogP contribution in [0, 0.1) is 5.92 Å². The highest BCUT2D eigenvalue weighted by Gasteiger charge is 2.23. The van der Waals surface area contributed by atoms with Gasteiger partial charge in [-0.2, -0.15) is 0 Å². The minimum atomic E-state index is -0.0193. The molecular formula is C13H22N4OS. The number of hydrogen-bond donors (Lipinski definition) is 1. The molecule has 0 aromatic carbocycles. The molecule has 106 valence electrons. The van der Waals surface area contributed by atoms with Gasteiger partial charge in [0.15, 0.2) is 5.13 Å². The highest BCUT2D eigenvalue weighted by atomic mass is 32.1. The fourth-order valence-electron chi connectivity index (χ4n) is 2.32. The second-order valence-electron chi connectivity index (χ2n) is 5.48. The number of carbonyl (C=O) groups excluding carboxylic acids is 1. The van der Waals surface area contributed by atoms with Crippen LogP contribution in [0.25, 0.3) is 0 Å². The maximum Gasteiger partial charge on any atom is 0.267 e. The monoisotopic (exact) mass is 282 g/mol. The predicted octanol–water partition coefficient (Wildman–Crippen LogP) is 2.05. The van der Waals surface area contributed by atoms with Gasteiger partial charge in [0.05, 0.1) is 0 Å². The maximum atomic E-state index is 12.3. The lowest BCUT2D eigenvalue weighted by Gasteiger charge is -2.18. The van der Waals surface area contributed by atoms with Gasteiger partial charge in [0.25, 0.3) is 5.91 Å². The molecule has 2 rings (SSSR count). The van der Waals surface area contributed by atoms with Crippen molar-refractivity contribution in [2.75, 3.05) is 37.3 Å². The van der Waals surface area contributed by atoms with Gasteiger partial charge >= 0.3 is 0 Å². The van der Waals surface area contributed by atoms with Gasteiger partial charge in [-0.25, -0.2) is 4.98 Å². The van der Waals surface area contributed by atoms with E-state index in [1.165, 1.54) is 24.2 Å². The van der Waals surface area contributed by atoms with Crippen molar-refractivity contribution in [2.24, 2.45) is 5.92 Å². The van der Waals surface area contributed by atoms with E-state index in [-0.39, 0.29) is 5.91 Å². The van der Waals surface area contributed by atoms with Crippen LogP contribution in [0.15, 0.2) is 0 Å². The third-order valence-electron chi connectivity index (χ3n) is 3.20. The number of aromatic nitrogens is 1. The zero-order valence-corrected chi connectivity index (χ0v) is 12.7. The molecule has 6 heteroatoms. The van der Waals surface area contributed by atoms with Crippen LogP contribution < -0.4 is 10.6 Å². The second kappa shape index (κ2) is 5.77. The number of nitrogen functional groups attached to an aromatic ring is 1. The quantitative estimate of drug-likeness (QED) is 0.918. The number of thiazole rings is 1. The van der Waals surface area contributed by atoms with Crippen LogP contribution >= 0.6 is 11.3 Å². The Bertz CT molecular complexity index is 451. The van der Waals surface area contributed by atoms with E-state index in [1.54, 1.807) is 4.90 Å². The van der Waals surface area contributed by atoms with Gasteiger partial charge in [-0.1, -0.05) is 25.2 Å². The Morgan fingerprint density at radius 1 is 1.47 bits per heavy atom. The normalized spacial score (nSPS) is 15.3. The molecule has 1 fully saturated rings. The van der Waals surface area contributed by atoms with Gasteiger partial charge < -0.3 is 15.5 Å². The van der Waals surface area contributed by atoms with Gasteiger partial charge in [0, 0.05) is 26.7 Å². The van der Waals surface area contributed by atoms with E-state index in [0.29, 0.717) is 16.6 Å². The Kier molecular flexibility index (Phi) is 4.29. The fraction of sp³-hybridized carbons (Fsp3) is 0.692. The predicted molar refractivity (Wildman–Crippen MR) is 79.8 cm³/mol. The summed E-state index contributed by atoms with van der Waals surface area (Å²) < 4.78 is 0. The summed E-state index contributed by atoms with van der Waals surface area (Å²) in [5.74, 6) is 0.794. The van der Waals surface area contributed by atoms with Crippen molar-refractivity contribution in [3.05, 3.63) is 4.88 Å². The molecule has 0 saturated carbocycles. The van der Waals surface area contributed by atoms with E-state index in [2.05, 4.69) is 23.7 Å². The molecule has 2 heterocycles. The average molecular weight is 282 g/mol. The molecule has 19 heavy (non-hydrogen) atoms. The number of nitrogens with zero attached hydrogens (tertiary/aromatic N) is 3. The first-order chi connectivity index (χ1) is 8.99. The van der Waals surface area contributed by atoms with Gasteiger partial charge in [-0.3, -0.25) is 4.79 Å². The Balaban J connectivity index is 2.13. The molecular weight excluding hydrogens is 260 g/mol. The number of rotatable bonds is 4. The number of hydrogen-bond acceptors (Lipinski definition) is 5. The summed E-state index contributed by atoms with van der Waals surface area (Å²) in [6.07, 6.45) is 2.38. The summed E-state index contributed by atoms with van der Waals surface area (Å²) in [6.45, 7) is 6.95. The highest BCUT2D eigenvalue weighted by Crippen LogP contribution is 2.31. The lowest BCUT2D eigenvalue weighted by atomic mass is 10.2. The van der Waals surface area contributed by atoms with Crippen LogP contribution in [-0.4, -0.2) is 42.5 Å². The molecule has 5 nitrogen and oxygen atoms in total. The largest absolute Gasteiger partial charge is 0.382 e. The molecule has 1 saturated heterocycles. The van der Waals surface area contributed by atoms with Crippen LogP contribution in [0.5, 0.6) is 0 Å². The van der Waals surface area contributed by atoms with Gasteiger partial charge in [0.2, 0.25) is 0 Å². The van der Waals surface area contributed by atoms with E-state index >= 15 is 0 Å². The van der Waals surface area contributed by atoms with Crippen molar-refractivity contribution in [3.63, 3.8) is 0 Å². The third kappa shape index (κ3) is 3.18. The van der Waals surface area contributed by atoms with E-state index in [1.807, 2.05) is 7.05 Å². The zero-order valence-electron chi connectivity index (χ0n) is 11.8. The smallest absolute Gasteiger partial charge is 0.267 e. The van der Waals surface area contributed by atoms with Crippen LogP contribution in [0.3, 0.4) is 0 Å². The van der Waals surface area contributed by atoms with Crippen molar-refractivity contribution in [1.29, 1.82) is 0 Å². The van der Waals surface area contributed by atoms with Crippen molar-refractivity contribution in [2.45, 2.75) is 26.7 Å². The Morgan fingerprint density at radius 2 is 2.11 bits per heavy atom. The first-order valence-corrected chi connectivity index (χ1v) is 7.57. The fourth-order valence-corrected chi connectivity index (χ4v) is 3.35. The summed E-state index contributed by atoms with van der Waals surface area (Å²) in [7, 11) is 1.82. The van der Waals surface area contributed by atoms with Gasteiger partial charge in [-0.05, 0) is 18.8 Å². The molecule has 2 N–H and O–H groups in total. The third-order valence-corrected chi connectivity index (χ3v) is 4.32. The first-order valence-electron chi connectivity index (χ1n) is 6.75. The topological polar surface area (TPSA) is 62.5 Å². The molecule has 0 atom stereocenters. The van der Waals surface area contributed by atoms with Crippen LogP contribution in [0.4, 0.5) is 10.9 Å². The Morgan fingerprint density at radius 3 is 2.68 bits per heavy atom. The van der Waals surface area contributed by atoms with Crippen LogP contribution in [0.2, 0.25) is 0 Å². The minimum Gasteiger partial charge on any atom is -0.382 e. The number of amides is 1. The molecule has 1 aliphatic heterocycles. The first kappa shape index (κ1) is 14.1. The minimum absolute atomic E-state index is 0.0193. The Labute approximate surface area is 118 Å². The molecule has 1 amide bonds. The van der Waals surface area contributed by atoms with E-state index in [4.69, 9.17) is 5.73 Å². The maximum absolute atomic E-state index is 12.3. The van der Waals surface area contributed by atoms with Crippen molar-refractivity contribution >= 4 is 28.2 Å². The molecule has 0 radical (unpaired) electrons. The zero-order chi connectivity index (χ0) is 14.0. The summed E-state index contributed by atoms with van der Waals surface area (Å²) >= 11 is 1.42. The molecule has 1 aliphatic rings. The Hall–Kier alpha value is -1.30. The van der Waals surface area contributed by atoms with E-state index < -0.39 is 0 Å². The van der Waals surface area contributed by atoms with Crippen molar-refractivity contribution in [3.8, 4) is 0 Å². The number of nitrogens with two attached hydrogens (primary N) is 1. The summed E-state index contributed by atoms with van der Waals surface area (Å²) in [6, 6.07) is 0. The van der Waals surface area contributed by atoms with E-state index in [9.17, 15) is 4.79 Å². The van der Waals surface area contributed by atoms with Gasteiger partial charge in [-0.15, -0.1) is 0 Å². The highest BCUT2D eigenvalue weighted by molar-refractivity contribution is 7.18. The summed E-state index contributed by atoms with van der Waals surface area (Å²) in [5, 5.41) is 0.885. The molecule has 0 aliphatic carbocycles. The summed E-state index contributed by atoms with van der Waals surface area (Å²) in [5.41, 5.74) is 5.90. The number of anilines is 2. The lowest BCUT2D eigenvalue weighted by Crippen LogP contribution is -2.30. The molecule has 0 bridgehead atoms.